The van der Waals surface area contributed by atoms with Gasteiger partial charge in [0, 0.05) is 42.4 Å². The van der Waals surface area contributed by atoms with Gasteiger partial charge in [0.25, 0.3) is 0 Å². The monoisotopic (exact) mass is 656 g/mol. The number of nitrogens with zero attached hydrogens (tertiary/aromatic N) is 2. The maximum absolute atomic E-state index is 5.35. The third kappa shape index (κ3) is 4.69. The number of aromatic nitrogens is 2. The Hall–Kier alpha value is -5.90. The lowest BCUT2D eigenvalue weighted by molar-refractivity contribution is 0.857. The fourth-order valence-corrected chi connectivity index (χ4v) is 9.12. The van der Waals surface area contributed by atoms with Crippen LogP contribution in [0.3, 0.4) is 0 Å². The zero-order valence-corrected chi connectivity index (χ0v) is 28.4. The van der Waals surface area contributed by atoms with Crippen LogP contribution < -0.4 is 0 Å². The Labute approximate surface area is 294 Å². The van der Waals surface area contributed by atoms with E-state index in [1.165, 1.54) is 58.8 Å². The SMILES string of the molecule is Cc1nc2c3ccccc3c3ccccc3c2nc1-c1cccc(C2C=C(c3cccc(-c4cccc5c4sc4ccccc45)c3)C=CC2)c1. The summed E-state index contributed by atoms with van der Waals surface area (Å²) in [7, 11) is 0. The molecular formula is C47H32N2S. The predicted octanol–water partition coefficient (Wildman–Crippen LogP) is 13.1. The molecule has 1 atom stereocenters. The lowest BCUT2D eigenvalue weighted by Crippen LogP contribution is -2.01. The van der Waals surface area contributed by atoms with Crippen LogP contribution in [-0.2, 0) is 0 Å². The summed E-state index contributed by atoms with van der Waals surface area (Å²) in [5.41, 5.74) is 11.3. The number of aryl methyl sites for hydroxylation is 1. The molecule has 0 N–H and O–H groups in total. The summed E-state index contributed by atoms with van der Waals surface area (Å²) in [5, 5.41) is 7.38. The number of hydrogen-bond donors (Lipinski definition) is 0. The van der Waals surface area contributed by atoms with E-state index in [0.717, 1.165) is 45.2 Å². The number of thiophene rings is 1. The minimum Gasteiger partial charge on any atom is -0.249 e. The van der Waals surface area contributed by atoms with Crippen LogP contribution >= 0.6 is 11.3 Å². The summed E-state index contributed by atoms with van der Waals surface area (Å²) >= 11 is 1.89. The molecule has 10 rings (SSSR count). The molecule has 236 valence electrons. The minimum atomic E-state index is 0.267. The summed E-state index contributed by atoms with van der Waals surface area (Å²) in [6.07, 6.45) is 8.02. The predicted molar refractivity (Wildman–Crippen MR) is 214 cm³/mol. The van der Waals surface area contributed by atoms with Gasteiger partial charge in [-0.1, -0.05) is 140 Å². The highest BCUT2D eigenvalue weighted by atomic mass is 32.1. The molecule has 1 unspecified atom stereocenters. The maximum atomic E-state index is 5.35. The first-order chi connectivity index (χ1) is 24.7. The molecule has 0 aliphatic heterocycles. The molecule has 2 aromatic heterocycles. The molecule has 2 heterocycles. The molecule has 3 heteroatoms. The molecule has 0 fully saturated rings. The van der Waals surface area contributed by atoms with Gasteiger partial charge in [-0.25, -0.2) is 9.97 Å². The van der Waals surface area contributed by atoms with E-state index in [1.807, 2.05) is 11.3 Å². The Kier molecular flexibility index (Phi) is 6.75. The second kappa shape index (κ2) is 11.6. The molecule has 0 saturated heterocycles. The van der Waals surface area contributed by atoms with Crippen LogP contribution in [0, 0.1) is 6.92 Å². The Bertz CT molecular complexity index is 2870. The quantitative estimate of drug-likeness (QED) is 0.176. The molecule has 0 amide bonds. The number of fused-ring (bicyclic) bond motifs is 9. The molecule has 2 nitrogen and oxygen atoms in total. The van der Waals surface area contributed by atoms with Gasteiger partial charge in [0.1, 0.15) is 0 Å². The number of benzene rings is 7. The highest BCUT2D eigenvalue weighted by Crippen LogP contribution is 2.41. The van der Waals surface area contributed by atoms with E-state index in [-0.39, 0.29) is 5.92 Å². The molecule has 0 bridgehead atoms. The molecule has 0 spiro atoms. The molecule has 7 aromatic carbocycles. The van der Waals surface area contributed by atoms with Gasteiger partial charge in [-0.15, -0.1) is 11.3 Å². The molecule has 1 aliphatic rings. The number of hydrogen-bond acceptors (Lipinski definition) is 3. The van der Waals surface area contributed by atoms with Crippen LogP contribution in [0.1, 0.15) is 29.2 Å². The molecular weight excluding hydrogens is 625 g/mol. The van der Waals surface area contributed by atoms with E-state index in [4.69, 9.17) is 9.97 Å². The maximum Gasteiger partial charge on any atom is 0.0979 e. The highest BCUT2D eigenvalue weighted by molar-refractivity contribution is 7.26. The Morgan fingerprint density at radius 3 is 2.02 bits per heavy atom. The van der Waals surface area contributed by atoms with Crippen molar-refractivity contribution in [1.82, 2.24) is 9.97 Å². The molecule has 9 aromatic rings. The van der Waals surface area contributed by atoms with E-state index in [0.29, 0.717) is 0 Å². The van der Waals surface area contributed by atoms with E-state index >= 15 is 0 Å². The van der Waals surface area contributed by atoms with E-state index in [1.54, 1.807) is 0 Å². The standard InChI is InChI=1S/C47H32N2S/c1-29-44(49-46-41-22-5-3-19-38(41)37-18-2-4-21-40(37)45(46)48-29)35-17-10-15-33(28-35)31-13-8-12-30(26-31)32-14-9-16-34(27-32)36-23-11-24-42-39-20-6-7-25-43(39)50-47(36)42/h2-12,14-28,31H,13H2,1H3. The van der Waals surface area contributed by atoms with Crippen molar-refractivity contribution in [1.29, 1.82) is 0 Å². The van der Waals surface area contributed by atoms with Crippen LogP contribution in [0.4, 0.5) is 0 Å². The van der Waals surface area contributed by atoms with Gasteiger partial charge in [0.05, 0.1) is 22.4 Å². The first-order valence-corrected chi connectivity index (χ1v) is 18.1. The molecule has 0 radical (unpaired) electrons. The van der Waals surface area contributed by atoms with Crippen molar-refractivity contribution in [2.45, 2.75) is 19.3 Å². The van der Waals surface area contributed by atoms with Crippen LogP contribution in [0.5, 0.6) is 0 Å². The molecule has 1 aliphatic carbocycles. The Balaban J connectivity index is 1.03. The zero-order chi connectivity index (χ0) is 33.2. The van der Waals surface area contributed by atoms with Crippen molar-refractivity contribution < 1.29 is 0 Å². The van der Waals surface area contributed by atoms with Crippen LogP contribution in [-0.4, -0.2) is 9.97 Å². The largest absolute Gasteiger partial charge is 0.249 e. The minimum absolute atomic E-state index is 0.267. The van der Waals surface area contributed by atoms with Crippen molar-refractivity contribution in [2.75, 3.05) is 0 Å². The Morgan fingerprint density at radius 2 is 1.20 bits per heavy atom. The second-order valence-electron chi connectivity index (χ2n) is 13.3. The topological polar surface area (TPSA) is 25.8 Å². The lowest BCUT2D eigenvalue weighted by atomic mass is 9.86. The first-order valence-electron chi connectivity index (χ1n) is 17.3. The van der Waals surface area contributed by atoms with E-state index < -0.39 is 0 Å². The fourth-order valence-electron chi connectivity index (χ4n) is 7.88. The van der Waals surface area contributed by atoms with Gasteiger partial charge in [-0.2, -0.15) is 0 Å². The van der Waals surface area contributed by atoms with E-state index in [2.05, 4.69) is 165 Å². The summed E-state index contributed by atoms with van der Waals surface area (Å²) in [6.45, 7) is 2.09. The highest BCUT2D eigenvalue weighted by Gasteiger charge is 2.18. The zero-order valence-electron chi connectivity index (χ0n) is 27.6. The molecule has 50 heavy (non-hydrogen) atoms. The van der Waals surface area contributed by atoms with Gasteiger partial charge < -0.3 is 0 Å². The van der Waals surface area contributed by atoms with Gasteiger partial charge in [0.2, 0.25) is 0 Å². The summed E-state index contributed by atoms with van der Waals surface area (Å²) in [6, 6.07) is 50.5. The number of allylic oxidation sites excluding steroid dienone is 4. The summed E-state index contributed by atoms with van der Waals surface area (Å²) < 4.78 is 2.68. The van der Waals surface area contributed by atoms with Gasteiger partial charge in [0.15, 0.2) is 0 Å². The Morgan fingerprint density at radius 1 is 0.560 bits per heavy atom. The summed E-state index contributed by atoms with van der Waals surface area (Å²) in [4.78, 5) is 10.6. The van der Waals surface area contributed by atoms with Crippen molar-refractivity contribution in [3.05, 3.63) is 175 Å². The van der Waals surface area contributed by atoms with Crippen molar-refractivity contribution in [3.8, 4) is 22.4 Å². The average Bonchev–Trinajstić information content (AvgIpc) is 3.57. The number of rotatable bonds is 4. The van der Waals surface area contributed by atoms with Gasteiger partial charge >= 0.3 is 0 Å². The smallest absolute Gasteiger partial charge is 0.0979 e. The third-order valence-corrected chi connectivity index (χ3v) is 11.5. The van der Waals surface area contributed by atoms with E-state index in [9.17, 15) is 0 Å². The van der Waals surface area contributed by atoms with Crippen LogP contribution in [0.2, 0.25) is 0 Å². The third-order valence-electron chi connectivity index (χ3n) is 10.3. The summed E-state index contributed by atoms with van der Waals surface area (Å²) in [5.74, 6) is 0.267. The van der Waals surface area contributed by atoms with Crippen LogP contribution in [0.15, 0.2) is 158 Å². The average molecular weight is 657 g/mol. The molecule has 0 saturated carbocycles. The van der Waals surface area contributed by atoms with Gasteiger partial charge in [-0.3, -0.25) is 0 Å². The lowest BCUT2D eigenvalue weighted by Gasteiger charge is -2.19. The van der Waals surface area contributed by atoms with Gasteiger partial charge in [-0.05, 0) is 70.1 Å². The van der Waals surface area contributed by atoms with Crippen molar-refractivity contribution in [3.63, 3.8) is 0 Å². The normalized spacial score (nSPS) is 14.7. The fraction of sp³-hybridized carbons (Fsp3) is 0.0638. The van der Waals surface area contributed by atoms with Crippen molar-refractivity contribution in [2.24, 2.45) is 0 Å². The van der Waals surface area contributed by atoms with Crippen molar-refractivity contribution >= 4 is 69.7 Å². The second-order valence-corrected chi connectivity index (χ2v) is 14.4. The van der Waals surface area contributed by atoms with Crippen LogP contribution in [0.25, 0.3) is 80.7 Å². The first kappa shape index (κ1) is 29.1.